The zero-order valence-electron chi connectivity index (χ0n) is 14.7. The second-order valence-corrected chi connectivity index (χ2v) is 6.62. The van der Waals surface area contributed by atoms with Crippen LogP contribution in [0.2, 0.25) is 0 Å². The number of nitrogens with zero attached hydrogens (tertiary/aromatic N) is 1. The summed E-state index contributed by atoms with van der Waals surface area (Å²) in [7, 11) is 0. The van der Waals surface area contributed by atoms with Crippen LogP contribution in [0.4, 0.5) is 0 Å². The van der Waals surface area contributed by atoms with Crippen molar-refractivity contribution in [1.82, 2.24) is 4.98 Å². The standard InChI is InChI=1S/C21H16BrNO4/c1-13(24)26-18-10-11-19(22)16(12-18)7-9-17-8-6-15-4-3-5-20(21(15)23-17)27-14(2)25/h3-12H,1-2H3/b9-7+. The Morgan fingerprint density at radius 2 is 1.74 bits per heavy atom. The summed E-state index contributed by atoms with van der Waals surface area (Å²) in [4.78, 5) is 27.0. The Hall–Kier alpha value is -2.99. The smallest absolute Gasteiger partial charge is 0.308 e. The maximum Gasteiger partial charge on any atom is 0.308 e. The van der Waals surface area contributed by atoms with Gasteiger partial charge in [-0.15, -0.1) is 0 Å². The number of aromatic nitrogens is 1. The topological polar surface area (TPSA) is 65.5 Å². The third-order valence-corrected chi connectivity index (χ3v) is 4.34. The second kappa shape index (κ2) is 8.14. The van der Waals surface area contributed by atoms with Gasteiger partial charge in [-0.1, -0.05) is 40.2 Å². The number of hydrogen-bond acceptors (Lipinski definition) is 5. The van der Waals surface area contributed by atoms with Gasteiger partial charge in [0.1, 0.15) is 11.3 Å². The maximum atomic E-state index is 11.3. The molecule has 6 heteroatoms. The molecule has 136 valence electrons. The predicted molar refractivity (Wildman–Crippen MR) is 107 cm³/mol. The highest BCUT2D eigenvalue weighted by molar-refractivity contribution is 9.10. The minimum Gasteiger partial charge on any atom is -0.427 e. The van der Waals surface area contributed by atoms with Crippen LogP contribution in [0.1, 0.15) is 25.1 Å². The number of halogens is 1. The van der Waals surface area contributed by atoms with Gasteiger partial charge in [0.05, 0.1) is 5.69 Å². The van der Waals surface area contributed by atoms with Crippen LogP contribution in [0.25, 0.3) is 23.1 Å². The van der Waals surface area contributed by atoms with Gasteiger partial charge in [0.2, 0.25) is 0 Å². The maximum absolute atomic E-state index is 11.3. The van der Waals surface area contributed by atoms with Crippen molar-refractivity contribution in [2.75, 3.05) is 0 Å². The summed E-state index contributed by atoms with van der Waals surface area (Å²) in [5.74, 6) is 0.125. The number of pyridine rings is 1. The summed E-state index contributed by atoms with van der Waals surface area (Å²) >= 11 is 3.48. The molecule has 0 aliphatic heterocycles. The number of carbonyl (C=O) groups is 2. The molecule has 5 nitrogen and oxygen atoms in total. The van der Waals surface area contributed by atoms with Crippen molar-refractivity contribution in [1.29, 1.82) is 0 Å². The molecule has 2 aromatic carbocycles. The van der Waals surface area contributed by atoms with E-state index in [4.69, 9.17) is 9.47 Å². The summed E-state index contributed by atoms with van der Waals surface area (Å²) in [6.45, 7) is 2.72. The molecule has 27 heavy (non-hydrogen) atoms. The van der Waals surface area contributed by atoms with E-state index in [1.165, 1.54) is 13.8 Å². The Balaban J connectivity index is 1.94. The first-order valence-electron chi connectivity index (χ1n) is 8.16. The highest BCUT2D eigenvalue weighted by Crippen LogP contribution is 2.27. The van der Waals surface area contributed by atoms with E-state index in [1.54, 1.807) is 18.2 Å². The lowest BCUT2D eigenvalue weighted by molar-refractivity contribution is -0.132. The Labute approximate surface area is 164 Å². The second-order valence-electron chi connectivity index (χ2n) is 5.77. The highest BCUT2D eigenvalue weighted by Gasteiger charge is 2.07. The van der Waals surface area contributed by atoms with Crippen molar-refractivity contribution in [3.05, 3.63) is 64.3 Å². The zero-order valence-corrected chi connectivity index (χ0v) is 16.3. The molecule has 0 amide bonds. The van der Waals surface area contributed by atoms with Gasteiger partial charge in [-0.05, 0) is 42.0 Å². The number of para-hydroxylation sites is 1. The van der Waals surface area contributed by atoms with Crippen molar-refractivity contribution < 1.29 is 19.1 Å². The normalized spacial score (nSPS) is 10.9. The van der Waals surface area contributed by atoms with Crippen LogP contribution in [-0.2, 0) is 9.59 Å². The molecule has 1 aromatic heterocycles. The molecule has 0 atom stereocenters. The number of hydrogen-bond donors (Lipinski definition) is 0. The summed E-state index contributed by atoms with van der Waals surface area (Å²) < 4.78 is 11.2. The summed E-state index contributed by atoms with van der Waals surface area (Å²) in [6.07, 6.45) is 3.70. The SMILES string of the molecule is CC(=O)Oc1ccc(Br)c(/C=C/c2ccc3cccc(OC(C)=O)c3n2)c1. The van der Waals surface area contributed by atoms with Crippen LogP contribution >= 0.6 is 15.9 Å². The first kappa shape index (κ1) is 18.8. The van der Waals surface area contributed by atoms with Crippen molar-refractivity contribution in [2.24, 2.45) is 0 Å². The fourth-order valence-electron chi connectivity index (χ4n) is 2.52. The minimum atomic E-state index is -0.392. The van der Waals surface area contributed by atoms with E-state index < -0.39 is 5.97 Å². The summed E-state index contributed by atoms with van der Waals surface area (Å²) in [6, 6.07) is 14.5. The largest absolute Gasteiger partial charge is 0.427 e. The molecule has 0 unspecified atom stereocenters. The van der Waals surface area contributed by atoms with E-state index in [0.29, 0.717) is 22.7 Å². The van der Waals surface area contributed by atoms with Gasteiger partial charge in [-0.3, -0.25) is 9.59 Å². The van der Waals surface area contributed by atoms with Gasteiger partial charge in [-0.2, -0.15) is 0 Å². The van der Waals surface area contributed by atoms with E-state index in [2.05, 4.69) is 20.9 Å². The van der Waals surface area contributed by atoms with Gasteiger partial charge < -0.3 is 9.47 Å². The number of benzene rings is 2. The van der Waals surface area contributed by atoms with Gasteiger partial charge >= 0.3 is 11.9 Å². The van der Waals surface area contributed by atoms with Crippen molar-refractivity contribution in [3.8, 4) is 11.5 Å². The van der Waals surface area contributed by atoms with E-state index in [0.717, 1.165) is 15.4 Å². The number of carbonyl (C=O) groups excluding carboxylic acids is 2. The number of rotatable bonds is 4. The van der Waals surface area contributed by atoms with E-state index in [-0.39, 0.29) is 5.97 Å². The molecule has 0 saturated heterocycles. The molecule has 0 saturated carbocycles. The molecule has 0 fully saturated rings. The third-order valence-electron chi connectivity index (χ3n) is 3.62. The molecule has 0 bridgehead atoms. The van der Waals surface area contributed by atoms with Crippen molar-refractivity contribution in [2.45, 2.75) is 13.8 Å². The van der Waals surface area contributed by atoms with Crippen molar-refractivity contribution >= 4 is 50.9 Å². The molecule has 0 radical (unpaired) electrons. The summed E-state index contributed by atoms with van der Waals surface area (Å²) in [5.41, 5.74) is 2.15. The van der Waals surface area contributed by atoms with E-state index in [1.807, 2.05) is 42.5 Å². The van der Waals surface area contributed by atoms with Gasteiger partial charge in [0.15, 0.2) is 5.75 Å². The van der Waals surface area contributed by atoms with Crippen LogP contribution in [0.15, 0.2) is 53.0 Å². The predicted octanol–water partition coefficient (Wildman–Crippen LogP) is 5.02. The molecule has 0 aliphatic rings. The van der Waals surface area contributed by atoms with Crippen LogP contribution < -0.4 is 9.47 Å². The fourth-order valence-corrected chi connectivity index (χ4v) is 2.90. The quantitative estimate of drug-likeness (QED) is 0.433. The molecular formula is C21H16BrNO4. The van der Waals surface area contributed by atoms with Gasteiger partial charge in [-0.25, -0.2) is 4.98 Å². The third kappa shape index (κ3) is 4.80. The first-order valence-corrected chi connectivity index (χ1v) is 8.96. The molecule has 3 aromatic rings. The molecule has 0 spiro atoms. The summed E-state index contributed by atoms with van der Waals surface area (Å²) in [5, 5.41) is 0.879. The lowest BCUT2D eigenvalue weighted by atomic mass is 10.1. The zero-order chi connectivity index (χ0) is 19.4. The van der Waals surface area contributed by atoms with Gasteiger partial charge in [0, 0.05) is 23.7 Å². The van der Waals surface area contributed by atoms with Crippen LogP contribution in [0.5, 0.6) is 11.5 Å². The molecule has 0 N–H and O–H groups in total. The minimum absolute atomic E-state index is 0.374. The van der Waals surface area contributed by atoms with E-state index >= 15 is 0 Å². The lowest BCUT2D eigenvalue weighted by Crippen LogP contribution is -2.02. The molecule has 1 heterocycles. The lowest BCUT2D eigenvalue weighted by Gasteiger charge is -2.06. The Bertz CT molecular complexity index is 1060. The first-order chi connectivity index (χ1) is 12.9. The molecular weight excluding hydrogens is 410 g/mol. The Morgan fingerprint density at radius 3 is 2.48 bits per heavy atom. The van der Waals surface area contributed by atoms with Crippen LogP contribution in [0, 0.1) is 0 Å². The van der Waals surface area contributed by atoms with E-state index in [9.17, 15) is 9.59 Å². The van der Waals surface area contributed by atoms with Crippen LogP contribution in [0.3, 0.4) is 0 Å². The average molecular weight is 426 g/mol. The number of ether oxygens (including phenoxy) is 2. The molecule has 0 aliphatic carbocycles. The van der Waals surface area contributed by atoms with Crippen LogP contribution in [-0.4, -0.2) is 16.9 Å². The Kier molecular flexibility index (Phi) is 5.66. The average Bonchev–Trinajstić information content (AvgIpc) is 2.61. The van der Waals surface area contributed by atoms with Gasteiger partial charge in [0.25, 0.3) is 0 Å². The van der Waals surface area contributed by atoms with Crippen molar-refractivity contribution in [3.63, 3.8) is 0 Å². The number of esters is 2. The highest BCUT2D eigenvalue weighted by atomic mass is 79.9. The number of fused-ring (bicyclic) bond motifs is 1. The fraction of sp³-hybridized carbons (Fsp3) is 0.0952. The molecule has 3 rings (SSSR count). The Morgan fingerprint density at radius 1 is 0.963 bits per heavy atom. The monoisotopic (exact) mass is 425 g/mol.